The number of ketones is 1. The third kappa shape index (κ3) is 2.12. The van der Waals surface area contributed by atoms with Crippen molar-refractivity contribution in [3.8, 4) is 0 Å². The van der Waals surface area contributed by atoms with Crippen molar-refractivity contribution in [2.24, 2.45) is 5.92 Å². The Bertz CT molecular complexity index is 107. The minimum absolute atomic E-state index is 0.271. The predicted octanol–water partition coefficient (Wildman–Crippen LogP) is 1.72. The molecule has 0 unspecified atom stereocenters. The Morgan fingerprint density at radius 3 is 2.67 bits per heavy atom. The van der Waals surface area contributed by atoms with Crippen molar-refractivity contribution in [1.82, 2.24) is 0 Å². The predicted molar refractivity (Wildman–Crippen MR) is 32.9 cm³/mol. The van der Waals surface area contributed by atoms with Gasteiger partial charge in [-0.25, -0.2) is 0 Å². The van der Waals surface area contributed by atoms with Crippen molar-refractivity contribution in [2.75, 3.05) is 6.67 Å². The molecule has 1 aliphatic rings. The Kier molecular flexibility index (Phi) is 2.20. The number of Topliss-reactive ketones (excluding diaryl/α,β-unsaturated/α-hetero) is 1. The highest BCUT2D eigenvalue weighted by atomic mass is 19.1. The van der Waals surface area contributed by atoms with Crippen LogP contribution in [-0.2, 0) is 4.79 Å². The summed E-state index contributed by atoms with van der Waals surface area (Å²) < 4.78 is 11.5. The number of rotatable bonds is 4. The monoisotopic (exact) mass is 130 g/mol. The fraction of sp³-hybridized carbons (Fsp3) is 0.857. The third-order valence-corrected chi connectivity index (χ3v) is 1.59. The van der Waals surface area contributed by atoms with E-state index in [-0.39, 0.29) is 12.5 Å². The molecule has 2 heteroatoms. The third-order valence-electron chi connectivity index (χ3n) is 1.59. The zero-order valence-corrected chi connectivity index (χ0v) is 5.40. The molecule has 0 aromatic rings. The highest BCUT2D eigenvalue weighted by Crippen LogP contribution is 2.31. The Labute approximate surface area is 54.3 Å². The van der Waals surface area contributed by atoms with Gasteiger partial charge in [-0.3, -0.25) is 9.18 Å². The molecule has 1 saturated carbocycles. The lowest BCUT2D eigenvalue weighted by molar-refractivity contribution is -0.120. The minimum Gasteiger partial charge on any atom is -0.299 e. The van der Waals surface area contributed by atoms with Gasteiger partial charge in [0.2, 0.25) is 0 Å². The maximum absolute atomic E-state index is 11.5. The number of halogens is 1. The van der Waals surface area contributed by atoms with Gasteiger partial charge in [-0.15, -0.1) is 0 Å². The molecule has 52 valence electrons. The van der Waals surface area contributed by atoms with Crippen LogP contribution in [0.3, 0.4) is 0 Å². The van der Waals surface area contributed by atoms with Crippen LogP contribution in [0, 0.1) is 5.92 Å². The normalized spacial score (nSPS) is 17.9. The summed E-state index contributed by atoms with van der Waals surface area (Å²) in [5.41, 5.74) is 0. The minimum atomic E-state index is -0.349. The van der Waals surface area contributed by atoms with Crippen molar-refractivity contribution >= 4 is 5.78 Å². The summed E-state index contributed by atoms with van der Waals surface area (Å²) in [6.07, 6.45) is 2.98. The van der Waals surface area contributed by atoms with E-state index in [1.165, 1.54) is 0 Å². The van der Waals surface area contributed by atoms with Crippen molar-refractivity contribution in [3.05, 3.63) is 0 Å². The Hall–Kier alpha value is -0.400. The van der Waals surface area contributed by atoms with E-state index >= 15 is 0 Å². The molecule has 0 aromatic carbocycles. The lowest BCUT2D eigenvalue weighted by Crippen LogP contribution is -1.99. The second-order valence-electron chi connectivity index (χ2n) is 2.53. The van der Waals surface area contributed by atoms with Crippen LogP contribution in [0.4, 0.5) is 4.39 Å². The van der Waals surface area contributed by atoms with E-state index in [0.29, 0.717) is 18.8 Å². The van der Waals surface area contributed by atoms with Gasteiger partial charge in [0.1, 0.15) is 5.78 Å². The number of carbonyl (C=O) groups is 1. The van der Waals surface area contributed by atoms with Crippen LogP contribution in [0.5, 0.6) is 0 Å². The molecule has 1 fully saturated rings. The van der Waals surface area contributed by atoms with E-state index in [1.54, 1.807) is 0 Å². The van der Waals surface area contributed by atoms with E-state index in [0.717, 1.165) is 12.8 Å². The number of hydrogen-bond donors (Lipinski definition) is 0. The Balaban J connectivity index is 2.03. The molecular weight excluding hydrogens is 119 g/mol. The van der Waals surface area contributed by atoms with E-state index in [9.17, 15) is 9.18 Å². The maximum Gasteiger partial charge on any atom is 0.136 e. The van der Waals surface area contributed by atoms with Gasteiger partial charge in [-0.2, -0.15) is 0 Å². The van der Waals surface area contributed by atoms with Gasteiger partial charge in [-0.05, 0) is 19.3 Å². The summed E-state index contributed by atoms with van der Waals surface area (Å²) in [4.78, 5) is 10.8. The van der Waals surface area contributed by atoms with Crippen LogP contribution in [0.2, 0.25) is 0 Å². The summed E-state index contributed by atoms with van der Waals surface area (Å²) in [7, 11) is 0. The second kappa shape index (κ2) is 2.95. The first-order chi connectivity index (χ1) is 4.34. The van der Waals surface area contributed by atoms with Gasteiger partial charge in [-0.1, -0.05) is 0 Å². The quantitative estimate of drug-likeness (QED) is 0.566. The van der Waals surface area contributed by atoms with Crippen LogP contribution >= 0.6 is 0 Å². The summed E-state index contributed by atoms with van der Waals surface area (Å²) in [5.74, 6) is 0.587. The zero-order valence-electron chi connectivity index (χ0n) is 5.40. The molecule has 1 nitrogen and oxygen atoms in total. The fourth-order valence-corrected chi connectivity index (χ4v) is 0.850. The molecule has 1 rings (SSSR count). The topological polar surface area (TPSA) is 17.1 Å². The number of carbonyl (C=O) groups excluding carboxylic acids is 1. The van der Waals surface area contributed by atoms with Gasteiger partial charge in [0.25, 0.3) is 0 Å². The molecule has 0 saturated heterocycles. The maximum atomic E-state index is 11.5. The lowest BCUT2D eigenvalue weighted by atomic mass is 10.1. The highest BCUT2D eigenvalue weighted by molar-refractivity contribution is 5.83. The highest BCUT2D eigenvalue weighted by Gasteiger charge is 2.28. The first kappa shape index (κ1) is 6.72. The number of hydrogen-bond acceptors (Lipinski definition) is 1. The Morgan fingerprint density at radius 1 is 1.56 bits per heavy atom. The summed E-state index contributed by atoms with van der Waals surface area (Å²) >= 11 is 0. The standard InChI is InChI=1S/C7H11FO/c8-5-1-2-7(9)6-3-4-6/h6H,1-5H2. The smallest absolute Gasteiger partial charge is 0.136 e. The van der Waals surface area contributed by atoms with Crippen molar-refractivity contribution in [3.63, 3.8) is 0 Å². The van der Waals surface area contributed by atoms with Crippen LogP contribution in [-0.4, -0.2) is 12.5 Å². The first-order valence-electron chi connectivity index (χ1n) is 3.43. The zero-order chi connectivity index (χ0) is 6.69. The average molecular weight is 130 g/mol. The molecular formula is C7H11FO. The van der Waals surface area contributed by atoms with E-state index in [4.69, 9.17) is 0 Å². The van der Waals surface area contributed by atoms with E-state index < -0.39 is 0 Å². The molecule has 0 N–H and O–H groups in total. The molecule has 0 spiro atoms. The first-order valence-corrected chi connectivity index (χ1v) is 3.43. The molecule has 0 bridgehead atoms. The Morgan fingerprint density at radius 2 is 2.22 bits per heavy atom. The summed E-state index contributed by atoms with van der Waals surface area (Å²) in [5, 5.41) is 0. The molecule has 9 heavy (non-hydrogen) atoms. The lowest BCUT2D eigenvalue weighted by Gasteiger charge is -1.91. The second-order valence-corrected chi connectivity index (χ2v) is 2.53. The molecule has 0 aromatic heterocycles. The molecule has 0 heterocycles. The molecule has 0 radical (unpaired) electrons. The summed E-state index contributed by atoms with van der Waals surface area (Å²) in [6, 6.07) is 0. The van der Waals surface area contributed by atoms with Gasteiger partial charge >= 0.3 is 0 Å². The number of alkyl halides is 1. The summed E-state index contributed by atoms with van der Waals surface area (Å²) in [6.45, 7) is -0.349. The largest absolute Gasteiger partial charge is 0.299 e. The van der Waals surface area contributed by atoms with Gasteiger partial charge in [0.05, 0.1) is 6.67 Å². The van der Waals surface area contributed by atoms with E-state index in [2.05, 4.69) is 0 Å². The molecule has 0 aliphatic heterocycles. The molecule has 0 amide bonds. The van der Waals surface area contributed by atoms with Crippen LogP contribution in [0.1, 0.15) is 25.7 Å². The van der Waals surface area contributed by atoms with E-state index in [1.807, 2.05) is 0 Å². The van der Waals surface area contributed by atoms with Crippen LogP contribution in [0.25, 0.3) is 0 Å². The average Bonchev–Trinajstić information content (AvgIpc) is 2.63. The van der Waals surface area contributed by atoms with Crippen molar-refractivity contribution in [1.29, 1.82) is 0 Å². The molecule has 1 aliphatic carbocycles. The van der Waals surface area contributed by atoms with Gasteiger partial charge in [0, 0.05) is 12.3 Å². The fourth-order valence-electron chi connectivity index (χ4n) is 0.850. The SMILES string of the molecule is O=C(CCCF)C1CC1. The van der Waals surface area contributed by atoms with Gasteiger partial charge < -0.3 is 0 Å². The van der Waals surface area contributed by atoms with Crippen molar-refractivity contribution < 1.29 is 9.18 Å². The van der Waals surface area contributed by atoms with Gasteiger partial charge in [0.15, 0.2) is 0 Å². The van der Waals surface area contributed by atoms with Crippen molar-refractivity contribution in [2.45, 2.75) is 25.7 Å². The van der Waals surface area contributed by atoms with Crippen LogP contribution in [0.15, 0.2) is 0 Å². The molecule has 0 atom stereocenters. The van der Waals surface area contributed by atoms with Crippen LogP contribution < -0.4 is 0 Å².